The van der Waals surface area contributed by atoms with Gasteiger partial charge in [-0.3, -0.25) is 4.79 Å². The van der Waals surface area contributed by atoms with E-state index in [0.29, 0.717) is 11.1 Å². The number of nitrogens with one attached hydrogen (secondary N) is 1. The molecule has 1 N–H and O–H groups in total. The summed E-state index contributed by atoms with van der Waals surface area (Å²) in [5.74, 6) is 0.0856. The monoisotopic (exact) mass is 491 g/mol. The van der Waals surface area contributed by atoms with E-state index in [9.17, 15) is 22.4 Å². The smallest absolute Gasteiger partial charge is 0.389 e. The molecule has 1 atom stereocenters. The molecule has 5 nitrogen and oxygen atoms in total. The molecule has 2 heterocycles. The van der Waals surface area contributed by atoms with Crippen molar-refractivity contribution in [1.82, 2.24) is 15.2 Å². The van der Waals surface area contributed by atoms with Gasteiger partial charge in [0, 0.05) is 36.9 Å². The van der Waals surface area contributed by atoms with Gasteiger partial charge in [0.05, 0.1) is 12.1 Å². The molecule has 186 valence electrons. The maximum Gasteiger partial charge on any atom is 0.389 e. The molecule has 0 radical (unpaired) electrons. The van der Waals surface area contributed by atoms with Gasteiger partial charge in [-0.05, 0) is 51.0 Å². The minimum atomic E-state index is -4.29. The molecular weight excluding hydrogens is 458 g/mol. The number of aromatic nitrogens is 1. The SMILES string of the molecule is C=CC(F)COc1nc2c(s1)CCN(CCC1CCC(NC(=O)CCC(F)(F)F)CC1)CC2. The fraction of sp³-hybridized carbons (Fsp3) is 0.739. The van der Waals surface area contributed by atoms with Gasteiger partial charge in [-0.15, -0.1) is 6.58 Å². The number of rotatable bonds is 10. The van der Waals surface area contributed by atoms with Gasteiger partial charge in [-0.2, -0.15) is 13.2 Å². The normalized spacial score (nSPS) is 22.8. The molecule has 1 fully saturated rings. The van der Waals surface area contributed by atoms with E-state index in [-0.39, 0.29) is 12.6 Å². The lowest BCUT2D eigenvalue weighted by atomic mass is 9.84. The molecule has 1 saturated carbocycles. The van der Waals surface area contributed by atoms with Gasteiger partial charge in [0.25, 0.3) is 5.19 Å². The van der Waals surface area contributed by atoms with Crippen LogP contribution >= 0.6 is 11.3 Å². The highest BCUT2D eigenvalue weighted by Crippen LogP contribution is 2.30. The minimum Gasteiger partial charge on any atom is -0.467 e. The van der Waals surface area contributed by atoms with Crippen molar-refractivity contribution in [2.75, 3.05) is 26.2 Å². The summed E-state index contributed by atoms with van der Waals surface area (Å²) in [5, 5.41) is 3.29. The van der Waals surface area contributed by atoms with Gasteiger partial charge in [0.15, 0.2) is 6.17 Å². The van der Waals surface area contributed by atoms with Crippen molar-refractivity contribution in [2.45, 2.75) is 76.2 Å². The van der Waals surface area contributed by atoms with E-state index in [2.05, 4.69) is 21.8 Å². The third-order valence-electron chi connectivity index (χ3n) is 6.40. The van der Waals surface area contributed by atoms with E-state index in [0.717, 1.165) is 70.3 Å². The second-order valence-electron chi connectivity index (χ2n) is 8.94. The van der Waals surface area contributed by atoms with Gasteiger partial charge in [-0.1, -0.05) is 17.4 Å². The largest absolute Gasteiger partial charge is 0.467 e. The molecule has 33 heavy (non-hydrogen) atoms. The highest BCUT2D eigenvalue weighted by atomic mass is 32.1. The predicted octanol–water partition coefficient (Wildman–Crippen LogP) is 4.85. The Balaban J connectivity index is 1.32. The lowest BCUT2D eigenvalue weighted by Crippen LogP contribution is -2.38. The number of hydrogen-bond donors (Lipinski definition) is 1. The van der Waals surface area contributed by atoms with Gasteiger partial charge in [0.1, 0.15) is 6.61 Å². The topological polar surface area (TPSA) is 54.5 Å². The van der Waals surface area contributed by atoms with Crippen LogP contribution in [-0.2, 0) is 17.6 Å². The zero-order valence-electron chi connectivity index (χ0n) is 18.8. The Morgan fingerprint density at radius 3 is 2.70 bits per heavy atom. The van der Waals surface area contributed by atoms with Crippen LogP contribution < -0.4 is 10.1 Å². The second kappa shape index (κ2) is 12.1. The van der Waals surface area contributed by atoms with Gasteiger partial charge in [0.2, 0.25) is 5.91 Å². The van der Waals surface area contributed by atoms with Crippen molar-refractivity contribution >= 4 is 17.2 Å². The summed E-state index contributed by atoms with van der Waals surface area (Å²) in [6.45, 7) is 6.25. The molecule has 1 unspecified atom stereocenters. The summed E-state index contributed by atoms with van der Waals surface area (Å²) in [6.07, 6.45) is 0.693. The summed E-state index contributed by atoms with van der Waals surface area (Å²) >= 11 is 1.50. The van der Waals surface area contributed by atoms with E-state index >= 15 is 0 Å². The maximum absolute atomic E-state index is 13.3. The Kier molecular flexibility index (Phi) is 9.55. The third kappa shape index (κ3) is 8.88. The van der Waals surface area contributed by atoms with Crippen molar-refractivity contribution in [2.24, 2.45) is 5.92 Å². The Morgan fingerprint density at radius 1 is 1.27 bits per heavy atom. The van der Waals surface area contributed by atoms with Gasteiger partial charge >= 0.3 is 6.18 Å². The molecule has 0 spiro atoms. The van der Waals surface area contributed by atoms with Crippen molar-refractivity contribution in [1.29, 1.82) is 0 Å². The fourth-order valence-electron chi connectivity index (χ4n) is 4.41. The van der Waals surface area contributed by atoms with Crippen LogP contribution in [0, 0.1) is 5.92 Å². The second-order valence-corrected chi connectivity index (χ2v) is 9.99. The van der Waals surface area contributed by atoms with E-state index in [4.69, 9.17) is 4.74 Å². The summed E-state index contributed by atoms with van der Waals surface area (Å²) in [6, 6.07) is -0.00204. The van der Waals surface area contributed by atoms with E-state index in [1.54, 1.807) is 0 Å². The molecule has 1 aromatic rings. The number of carbonyl (C=O) groups is 1. The molecule has 2 aliphatic rings. The van der Waals surface area contributed by atoms with Crippen LogP contribution in [0.1, 0.15) is 55.5 Å². The summed E-state index contributed by atoms with van der Waals surface area (Å²) < 4.78 is 55.5. The minimum absolute atomic E-state index is 0.00204. The first-order valence-electron chi connectivity index (χ1n) is 11.7. The number of thiazole rings is 1. The quantitative estimate of drug-likeness (QED) is 0.375. The Labute approximate surface area is 196 Å². The van der Waals surface area contributed by atoms with Gasteiger partial charge < -0.3 is 15.0 Å². The zero-order valence-corrected chi connectivity index (χ0v) is 19.7. The molecule has 0 bridgehead atoms. The molecule has 1 amide bonds. The Hall–Kier alpha value is -1.68. The first-order chi connectivity index (χ1) is 15.7. The third-order valence-corrected chi connectivity index (χ3v) is 7.47. The highest BCUT2D eigenvalue weighted by molar-refractivity contribution is 7.13. The number of ether oxygens (including phenoxy) is 1. The lowest BCUT2D eigenvalue weighted by molar-refractivity contribution is -0.144. The average molecular weight is 492 g/mol. The Morgan fingerprint density at radius 2 is 2.00 bits per heavy atom. The maximum atomic E-state index is 13.3. The van der Waals surface area contributed by atoms with Crippen LogP contribution in [-0.4, -0.2) is 60.4 Å². The zero-order chi connectivity index (χ0) is 23.8. The fourth-order valence-corrected chi connectivity index (χ4v) is 5.36. The molecule has 3 rings (SSSR count). The number of hydrogen-bond acceptors (Lipinski definition) is 5. The lowest BCUT2D eigenvalue weighted by Gasteiger charge is -2.30. The number of nitrogens with zero attached hydrogens (tertiary/aromatic N) is 2. The number of amides is 1. The van der Waals surface area contributed by atoms with Crippen molar-refractivity contribution in [3.8, 4) is 5.19 Å². The van der Waals surface area contributed by atoms with E-state index in [1.165, 1.54) is 22.3 Å². The van der Waals surface area contributed by atoms with Crippen LogP contribution in [0.15, 0.2) is 12.7 Å². The van der Waals surface area contributed by atoms with Crippen molar-refractivity contribution < 1.29 is 27.1 Å². The van der Waals surface area contributed by atoms with Crippen LogP contribution in [0.5, 0.6) is 5.19 Å². The van der Waals surface area contributed by atoms with Crippen molar-refractivity contribution in [3.63, 3.8) is 0 Å². The summed E-state index contributed by atoms with van der Waals surface area (Å²) in [5.41, 5.74) is 1.05. The molecule has 10 heteroatoms. The van der Waals surface area contributed by atoms with Crippen LogP contribution in [0.25, 0.3) is 0 Å². The standard InChI is InChI=1S/C23H33F4N3O2S/c1-2-17(24)15-32-22-29-19-9-13-30(14-10-20(19)33-22)12-8-16-3-5-18(6-4-16)28-21(31)7-11-23(25,26)27/h2,16-18H,1,3-15H2,(H,28,31). The first-order valence-corrected chi connectivity index (χ1v) is 12.5. The Bertz CT molecular complexity index is 753. The summed E-state index contributed by atoms with van der Waals surface area (Å²) in [4.78, 5) is 19.9. The highest BCUT2D eigenvalue weighted by Gasteiger charge is 2.29. The number of fused-ring (bicyclic) bond motifs is 1. The molecule has 0 aromatic carbocycles. The number of halogens is 4. The molecular formula is C23H33F4N3O2S. The van der Waals surface area contributed by atoms with Crippen LogP contribution in [0.3, 0.4) is 0 Å². The summed E-state index contributed by atoms with van der Waals surface area (Å²) in [7, 11) is 0. The van der Waals surface area contributed by atoms with Crippen LogP contribution in [0.4, 0.5) is 17.6 Å². The molecule has 1 aliphatic carbocycles. The predicted molar refractivity (Wildman–Crippen MR) is 120 cm³/mol. The van der Waals surface area contributed by atoms with E-state index in [1.807, 2.05) is 0 Å². The van der Waals surface area contributed by atoms with E-state index < -0.39 is 31.1 Å². The number of carbonyl (C=O) groups excluding carboxylic acids is 1. The molecule has 1 aromatic heterocycles. The van der Waals surface area contributed by atoms with Crippen LogP contribution in [0.2, 0.25) is 0 Å². The molecule has 1 aliphatic heterocycles. The first kappa shape index (κ1) is 25.9. The molecule has 0 saturated heterocycles. The van der Waals surface area contributed by atoms with Gasteiger partial charge in [-0.25, -0.2) is 9.37 Å². The number of alkyl halides is 4. The average Bonchev–Trinajstić information content (AvgIpc) is 3.08. The van der Waals surface area contributed by atoms with Crippen molar-refractivity contribution in [3.05, 3.63) is 23.2 Å².